The summed E-state index contributed by atoms with van der Waals surface area (Å²) in [5, 5.41) is 2.42. The maximum atomic E-state index is 11.6. The van der Waals surface area contributed by atoms with Crippen LogP contribution in [0.4, 0.5) is 0 Å². The zero-order chi connectivity index (χ0) is 14.1. The Labute approximate surface area is 123 Å². The van der Waals surface area contributed by atoms with Gasteiger partial charge >= 0.3 is 0 Å². The first kappa shape index (κ1) is 13.2. The molecular weight excluding hydrogens is 270 g/mol. The molecule has 0 spiro atoms. The van der Waals surface area contributed by atoms with Crippen LogP contribution in [0.5, 0.6) is 0 Å². The molecule has 0 amide bonds. The lowest BCUT2D eigenvalue weighted by Gasteiger charge is -2.06. The van der Waals surface area contributed by atoms with E-state index in [9.17, 15) is 4.79 Å². The number of carbonyl (C=O) groups excluding carboxylic acids is 1. The third kappa shape index (κ3) is 2.10. The number of carbonyl (C=O) groups is 1. The van der Waals surface area contributed by atoms with Crippen LogP contribution in [-0.2, 0) is 6.54 Å². The minimum absolute atomic E-state index is 0.0982. The zero-order valence-corrected chi connectivity index (χ0v) is 12.2. The van der Waals surface area contributed by atoms with Crippen LogP contribution in [0.15, 0.2) is 42.5 Å². The number of hydrogen-bond donors (Lipinski definition) is 0. The van der Waals surface area contributed by atoms with E-state index in [2.05, 4.69) is 16.7 Å². The Morgan fingerprint density at radius 1 is 1.10 bits per heavy atom. The van der Waals surface area contributed by atoms with Crippen molar-refractivity contribution in [2.24, 2.45) is 0 Å². The molecule has 0 bridgehead atoms. The van der Waals surface area contributed by atoms with E-state index in [0.717, 1.165) is 24.0 Å². The van der Waals surface area contributed by atoms with E-state index in [4.69, 9.17) is 11.6 Å². The molecule has 0 N–H and O–H groups in total. The highest BCUT2D eigenvalue weighted by Gasteiger charge is 2.11. The predicted octanol–water partition coefficient (Wildman–Crippen LogP) is 4.63. The lowest BCUT2D eigenvalue weighted by Crippen LogP contribution is -1.99. The van der Waals surface area contributed by atoms with Crippen molar-refractivity contribution in [1.29, 1.82) is 0 Å². The maximum Gasteiger partial charge on any atom is 0.159 e. The Hall–Kier alpha value is -1.80. The number of ketones is 1. The van der Waals surface area contributed by atoms with E-state index >= 15 is 0 Å². The average Bonchev–Trinajstić information content (AvgIpc) is 2.78. The van der Waals surface area contributed by atoms with E-state index in [1.165, 1.54) is 16.3 Å². The molecule has 0 saturated heterocycles. The number of para-hydroxylation sites is 1. The average molecular weight is 286 g/mol. The fourth-order valence-corrected chi connectivity index (χ4v) is 2.85. The highest BCUT2D eigenvalue weighted by atomic mass is 35.5. The predicted molar refractivity (Wildman–Crippen MR) is 84.8 cm³/mol. The molecule has 3 rings (SSSR count). The summed E-state index contributed by atoms with van der Waals surface area (Å²) in [6.07, 6.45) is 0.916. The van der Waals surface area contributed by atoms with E-state index in [1.54, 1.807) is 6.92 Å². The second kappa shape index (κ2) is 5.29. The number of halogens is 1. The van der Waals surface area contributed by atoms with Gasteiger partial charge < -0.3 is 4.57 Å². The zero-order valence-electron chi connectivity index (χ0n) is 11.4. The molecule has 3 aromatic rings. The molecule has 3 heteroatoms. The van der Waals surface area contributed by atoms with Gasteiger partial charge in [-0.2, -0.15) is 0 Å². The van der Waals surface area contributed by atoms with Gasteiger partial charge in [0.2, 0.25) is 0 Å². The van der Waals surface area contributed by atoms with Crippen LogP contribution in [0.25, 0.3) is 21.8 Å². The molecule has 0 fully saturated rings. The van der Waals surface area contributed by atoms with Crippen molar-refractivity contribution in [3.8, 4) is 0 Å². The summed E-state index contributed by atoms with van der Waals surface area (Å²) in [7, 11) is 0. The molecule has 1 aromatic heterocycles. The highest BCUT2D eigenvalue weighted by Crippen LogP contribution is 2.30. The minimum atomic E-state index is 0.0982. The number of hydrogen-bond acceptors (Lipinski definition) is 1. The van der Waals surface area contributed by atoms with Gasteiger partial charge in [-0.3, -0.25) is 4.79 Å². The maximum absolute atomic E-state index is 11.6. The summed E-state index contributed by atoms with van der Waals surface area (Å²) in [4.78, 5) is 11.6. The molecule has 0 unspecified atom stereocenters. The SMILES string of the molecule is CC(=O)c1ccc2c3ccccc3n(CCCCl)c2c1. The van der Waals surface area contributed by atoms with Crippen LogP contribution in [-0.4, -0.2) is 16.2 Å². The fourth-order valence-electron chi connectivity index (χ4n) is 2.73. The number of fused-ring (bicyclic) bond motifs is 3. The van der Waals surface area contributed by atoms with Gasteiger partial charge in [0.15, 0.2) is 5.78 Å². The van der Waals surface area contributed by atoms with Crippen molar-refractivity contribution in [2.75, 3.05) is 5.88 Å². The summed E-state index contributed by atoms with van der Waals surface area (Å²) in [5.74, 6) is 0.737. The molecule has 0 aliphatic rings. The molecular formula is C17H16ClNO. The Kier molecular flexibility index (Phi) is 3.49. The monoisotopic (exact) mass is 285 g/mol. The molecule has 2 nitrogen and oxygen atoms in total. The number of alkyl halides is 1. The van der Waals surface area contributed by atoms with E-state index in [1.807, 2.05) is 30.3 Å². The molecule has 2 aromatic carbocycles. The Bertz CT molecular complexity index is 788. The van der Waals surface area contributed by atoms with Crippen LogP contribution >= 0.6 is 11.6 Å². The van der Waals surface area contributed by atoms with E-state index in [0.29, 0.717) is 5.88 Å². The molecule has 20 heavy (non-hydrogen) atoms. The second-order valence-electron chi connectivity index (χ2n) is 5.00. The van der Waals surface area contributed by atoms with Crippen molar-refractivity contribution >= 4 is 39.2 Å². The summed E-state index contributed by atoms with van der Waals surface area (Å²) in [6.45, 7) is 2.47. The largest absolute Gasteiger partial charge is 0.340 e. The standard InChI is InChI=1S/C17H16ClNO/c1-12(20)13-7-8-15-14-5-2-3-6-16(14)19(10-4-9-18)17(15)11-13/h2-3,5-8,11H,4,9-10H2,1H3. The van der Waals surface area contributed by atoms with Gasteiger partial charge in [-0.25, -0.2) is 0 Å². The van der Waals surface area contributed by atoms with Gasteiger partial charge in [0.05, 0.1) is 0 Å². The lowest BCUT2D eigenvalue weighted by atomic mass is 10.1. The summed E-state index contributed by atoms with van der Waals surface area (Å²) in [6, 6.07) is 14.3. The minimum Gasteiger partial charge on any atom is -0.340 e. The summed E-state index contributed by atoms with van der Waals surface area (Å²) in [5.41, 5.74) is 3.07. The van der Waals surface area contributed by atoms with Gasteiger partial charge in [-0.15, -0.1) is 11.6 Å². The molecule has 0 saturated carbocycles. The summed E-state index contributed by atoms with van der Waals surface area (Å²) < 4.78 is 2.26. The fraction of sp³-hybridized carbons (Fsp3) is 0.235. The number of aromatic nitrogens is 1. The third-order valence-corrected chi connectivity index (χ3v) is 3.96. The number of benzene rings is 2. The van der Waals surface area contributed by atoms with Gasteiger partial charge in [0.1, 0.15) is 0 Å². The molecule has 0 aliphatic heterocycles. The van der Waals surface area contributed by atoms with E-state index in [-0.39, 0.29) is 5.78 Å². The quantitative estimate of drug-likeness (QED) is 0.506. The number of nitrogens with zero attached hydrogens (tertiary/aromatic N) is 1. The Morgan fingerprint density at radius 2 is 1.85 bits per heavy atom. The molecule has 1 heterocycles. The smallest absolute Gasteiger partial charge is 0.159 e. The third-order valence-electron chi connectivity index (χ3n) is 3.70. The topological polar surface area (TPSA) is 22.0 Å². The van der Waals surface area contributed by atoms with Gasteiger partial charge in [-0.1, -0.05) is 30.3 Å². The Morgan fingerprint density at radius 3 is 2.60 bits per heavy atom. The van der Waals surface area contributed by atoms with Crippen LogP contribution in [0.1, 0.15) is 23.7 Å². The van der Waals surface area contributed by atoms with Crippen LogP contribution in [0.2, 0.25) is 0 Å². The number of aryl methyl sites for hydroxylation is 1. The molecule has 0 atom stereocenters. The molecule has 0 radical (unpaired) electrons. The molecule has 0 aliphatic carbocycles. The van der Waals surface area contributed by atoms with Gasteiger partial charge in [0.25, 0.3) is 0 Å². The van der Waals surface area contributed by atoms with Crippen LogP contribution in [0, 0.1) is 0 Å². The Balaban J connectivity index is 2.33. The van der Waals surface area contributed by atoms with Crippen molar-refractivity contribution in [1.82, 2.24) is 4.57 Å². The number of Topliss-reactive ketones (excluding diaryl/α,β-unsaturated/α-hetero) is 1. The first-order valence-electron chi connectivity index (χ1n) is 6.80. The lowest BCUT2D eigenvalue weighted by molar-refractivity contribution is 0.101. The van der Waals surface area contributed by atoms with Crippen molar-refractivity contribution in [2.45, 2.75) is 19.9 Å². The summed E-state index contributed by atoms with van der Waals surface area (Å²) >= 11 is 5.84. The normalized spacial score (nSPS) is 11.3. The van der Waals surface area contributed by atoms with Crippen molar-refractivity contribution in [3.05, 3.63) is 48.0 Å². The first-order chi connectivity index (χ1) is 9.72. The van der Waals surface area contributed by atoms with Gasteiger partial charge in [-0.05, 0) is 25.5 Å². The number of rotatable bonds is 4. The van der Waals surface area contributed by atoms with Crippen LogP contribution < -0.4 is 0 Å². The van der Waals surface area contributed by atoms with Gasteiger partial charge in [0, 0.05) is 39.8 Å². The van der Waals surface area contributed by atoms with Crippen LogP contribution in [0.3, 0.4) is 0 Å². The second-order valence-corrected chi connectivity index (χ2v) is 5.38. The van der Waals surface area contributed by atoms with Crippen molar-refractivity contribution < 1.29 is 4.79 Å². The van der Waals surface area contributed by atoms with E-state index < -0.39 is 0 Å². The first-order valence-corrected chi connectivity index (χ1v) is 7.33. The molecule has 102 valence electrons. The highest BCUT2D eigenvalue weighted by molar-refractivity contribution is 6.17. The van der Waals surface area contributed by atoms with Crippen molar-refractivity contribution in [3.63, 3.8) is 0 Å².